The molecule has 2 heterocycles. The van der Waals surface area contributed by atoms with E-state index >= 15 is 0 Å². The summed E-state index contributed by atoms with van der Waals surface area (Å²) in [5.41, 5.74) is 2.55. The van der Waals surface area contributed by atoms with Crippen LogP contribution in [-0.4, -0.2) is 42.8 Å². The van der Waals surface area contributed by atoms with Gasteiger partial charge in [-0.3, -0.25) is 14.3 Å². The monoisotopic (exact) mass is 544 g/mol. The predicted octanol–water partition coefficient (Wildman–Crippen LogP) is 7.20. The van der Waals surface area contributed by atoms with Crippen molar-refractivity contribution in [3.05, 3.63) is 89.6 Å². The number of carbonyl (C=O) groups is 1. The molecule has 2 aromatic heterocycles. The SMILES string of the molecule is CC(C)(C)N(CCC(=O)O)Cc1ccc2c(ccn2-c2noc(-c3ccc(Oc4ccccc4)c(Cl)c3)n2)c1. The molecule has 0 fully saturated rings. The first-order valence-corrected chi connectivity index (χ1v) is 13.0. The van der Waals surface area contributed by atoms with E-state index in [4.69, 9.17) is 26.0 Å². The number of halogens is 1. The molecule has 5 rings (SSSR count). The van der Waals surface area contributed by atoms with E-state index in [1.165, 1.54) is 0 Å². The predicted molar refractivity (Wildman–Crippen MR) is 151 cm³/mol. The second-order valence-corrected chi connectivity index (χ2v) is 10.7. The second-order valence-electron chi connectivity index (χ2n) is 10.3. The van der Waals surface area contributed by atoms with Gasteiger partial charge in [-0.2, -0.15) is 4.98 Å². The fraction of sp³-hybridized carbons (Fsp3) is 0.233. The smallest absolute Gasteiger partial charge is 0.304 e. The maximum atomic E-state index is 11.1. The van der Waals surface area contributed by atoms with Crippen molar-refractivity contribution in [2.24, 2.45) is 0 Å². The van der Waals surface area contributed by atoms with Crippen LogP contribution in [0.3, 0.4) is 0 Å². The van der Waals surface area contributed by atoms with Crippen LogP contribution in [0.15, 0.2) is 83.5 Å². The Hall–Kier alpha value is -4.14. The summed E-state index contributed by atoms with van der Waals surface area (Å²) in [6.07, 6.45) is 2.00. The third-order valence-electron chi connectivity index (χ3n) is 6.45. The molecule has 1 N–H and O–H groups in total. The number of ether oxygens (including phenoxy) is 1. The van der Waals surface area contributed by atoms with E-state index in [1.807, 2.05) is 65.4 Å². The molecular formula is C30H29ClN4O4. The maximum Gasteiger partial charge on any atom is 0.304 e. The number of fused-ring (bicyclic) bond motifs is 1. The Balaban J connectivity index is 1.35. The van der Waals surface area contributed by atoms with Gasteiger partial charge in [-0.25, -0.2) is 0 Å². The van der Waals surface area contributed by atoms with Crippen LogP contribution in [0.2, 0.25) is 5.02 Å². The number of nitrogens with zero attached hydrogens (tertiary/aromatic N) is 4. The van der Waals surface area contributed by atoms with Crippen LogP contribution in [0.25, 0.3) is 28.3 Å². The van der Waals surface area contributed by atoms with Gasteiger partial charge in [0.25, 0.3) is 11.8 Å². The molecule has 5 aromatic rings. The number of aliphatic carboxylic acids is 1. The molecule has 0 unspecified atom stereocenters. The molecule has 0 saturated carbocycles. The zero-order valence-corrected chi connectivity index (χ0v) is 22.7. The standard InChI is InChI=1S/C30H29ClN4O4/c1-30(2,3)34(15-14-27(36)37)19-20-9-11-25-21(17-20)13-16-35(25)29-32-28(39-33-29)22-10-12-26(24(31)18-22)38-23-7-5-4-6-8-23/h4-13,16-18H,14-15,19H2,1-3H3,(H,36,37). The van der Waals surface area contributed by atoms with Gasteiger partial charge in [-0.1, -0.05) is 35.9 Å². The number of benzene rings is 3. The molecule has 0 atom stereocenters. The van der Waals surface area contributed by atoms with E-state index < -0.39 is 5.97 Å². The number of hydrogen-bond acceptors (Lipinski definition) is 6. The maximum absolute atomic E-state index is 11.1. The molecule has 0 aliphatic carbocycles. The highest BCUT2D eigenvalue weighted by atomic mass is 35.5. The van der Waals surface area contributed by atoms with E-state index in [1.54, 1.807) is 12.1 Å². The van der Waals surface area contributed by atoms with Gasteiger partial charge in [0, 0.05) is 35.8 Å². The third kappa shape index (κ3) is 6.13. The van der Waals surface area contributed by atoms with Crippen molar-refractivity contribution in [1.29, 1.82) is 0 Å². The van der Waals surface area contributed by atoms with Crippen LogP contribution in [0.1, 0.15) is 32.8 Å². The summed E-state index contributed by atoms with van der Waals surface area (Å²) >= 11 is 6.48. The summed E-state index contributed by atoms with van der Waals surface area (Å²) in [7, 11) is 0. The summed E-state index contributed by atoms with van der Waals surface area (Å²) in [6.45, 7) is 7.40. The summed E-state index contributed by atoms with van der Waals surface area (Å²) in [5, 5.41) is 14.8. The fourth-order valence-electron chi connectivity index (χ4n) is 4.33. The van der Waals surface area contributed by atoms with Gasteiger partial charge in [0.2, 0.25) is 0 Å². The molecule has 0 radical (unpaired) electrons. The zero-order chi connectivity index (χ0) is 27.6. The number of carboxylic acids is 1. The molecule has 200 valence electrons. The average molecular weight is 545 g/mol. The van der Waals surface area contributed by atoms with E-state index in [2.05, 4.69) is 41.9 Å². The van der Waals surface area contributed by atoms with Crippen molar-refractivity contribution < 1.29 is 19.2 Å². The van der Waals surface area contributed by atoms with Crippen LogP contribution in [-0.2, 0) is 11.3 Å². The van der Waals surface area contributed by atoms with Crippen molar-refractivity contribution in [3.8, 4) is 28.9 Å². The van der Waals surface area contributed by atoms with Crippen LogP contribution < -0.4 is 4.74 Å². The Morgan fingerprint density at radius 1 is 1.08 bits per heavy atom. The molecule has 0 amide bonds. The van der Waals surface area contributed by atoms with Crippen molar-refractivity contribution >= 4 is 28.5 Å². The minimum absolute atomic E-state index is 0.101. The Bertz CT molecular complexity index is 1600. The Morgan fingerprint density at radius 2 is 1.87 bits per heavy atom. The first-order chi connectivity index (χ1) is 18.7. The summed E-state index contributed by atoms with van der Waals surface area (Å²) in [6, 6.07) is 22.9. The molecule has 39 heavy (non-hydrogen) atoms. The lowest BCUT2D eigenvalue weighted by atomic mass is 10.0. The average Bonchev–Trinajstić information content (AvgIpc) is 3.54. The van der Waals surface area contributed by atoms with Crippen LogP contribution in [0.5, 0.6) is 11.5 Å². The highest BCUT2D eigenvalue weighted by Crippen LogP contribution is 2.33. The van der Waals surface area contributed by atoms with Gasteiger partial charge in [-0.05, 0) is 80.0 Å². The van der Waals surface area contributed by atoms with Crippen LogP contribution >= 0.6 is 11.6 Å². The van der Waals surface area contributed by atoms with E-state index in [0.717, 1.165) is 16.5 Å². The molecule has 0 bridgehead atoms. The highest BCUT2D eigenvalue weighted by molar-refractivity contribution is 6.32. The first-order valence-electron chi connectivity index (χ1n) is 12.6. The molecule has 0 aliphatic heterocycles. The zero-order valence-electron chi connectivity index (χ0n) is 22.0. The molecule has 0 saturated heterocycles. The van der Waals surface area contributed by atoms with Gasteiger partial charge >= 0.3 is 5.97 Å². The highest BCUT2D eigenvalue weighted by Gasteiger charge is 2.22. The lowest BCUT2D eigenvalue weighted by molar-refractivity contribution is -0.137. The summed E-state index contributed by atoms with van der Waals surface area (Å²) in [4.78, 5) is 17.9. The van der Waals surface area contributed by atoms with Crippen LogP contribution in [0, 0.1) is 0 Å². The topological polar surface area (TPSA) is 93.6 Å². The Kier molecular flexibility index (Phi) is 7.41. The summed E-state index contributed by atoms with van der Waals surface area (Å²) in [5.74, 6) is 1.19. The molecule has 9 heteroatoms. The quantitative estimate of drug-likeness (QED) is 0.210. The van der Waals surface area contributed by atoms with Crippen molar-refractivity contribution in [2.75, 3.05) is 6.54 Å². The van der Waals surface area contributed by atoms with E-state index in [9.17, 15) is 4.79 Å². The van der Waals surface area contributed by atoms with Crippen LogP contribution in [0.4, 0.5) is 0 Å². The fourth-order valence-corrected chi connectivity index (χ4v) is 4.55. The van der Waals surface area contributed by atoms with E-state index in [-0.39, 0.29) is 12.0 Å². The third-order valence-corrected chi connectivity index (χ3v) is 6.75. The molecule has 0 spiro atoms. The molecule has 8 nitrogen and oxygen atoms in total. The van der Waals surface area contributed by atoms with Crippen molar-refractivity contribution in [1.82, 2.24) is 19.6 Å². The van der Waals surface area contributed by atoms with Crippen molar-refractivity contribution in [2.45, 2.75) is 39.3 Å². The van der Waals surface area contributed by atoms with Gasteiger partial charge in [0.15, 0.2) is 0 Å². The lowest BCUT2D eigenvalue weighted by Gasteiger charge is -2.35. The lowest BCUT2D eigenvalue weighted by Crippen LogP contribution is -2.42. The van der Waals surface area contributed by atoms with Gasteiger partial charge in [-0.15, -0.1) is 0 Å². The largest absolute Gasteiger partial charge is 0.481 e. The number of para-hydroxylation sites is 1. The second kappa shape index (κ2) is 10.9. The first kappa shape index (κ1) is 26.5. The minimum atomic E-state index is -0.796. The van der Waals surface area contributed by atoms with Gasteiger partial charge in [0.05, 0.1) is 17.0 Å². The number of carboxylic acid groups (broad SMARTS) is 1. The number of aromatic nitrogens is 3. The molecule has 0 aliphatic rings. The molecular weight excluding hydrogens is 516 g/mol. The Morgan fingerprint density at radius 3 is 2.59 bits per heavy atom. The molecule has 3 aromatic carbocycles. The van der Waals surface area contributed by atoms with Gasteiger partial charge < -0.3 is 14.4 Å². The number of hydrogen-bond donors (Lipinski definition) is 1. The van der Waals surface area contributed by atoms with Crippen molar-refractivity contribution in [3.63, 3.8) is 0 Å². The number of rotatable bonds is 9. The summed E-state index contributed by atoms with van der Waals surface area (Å²) < 4.78 is 13.3. The Labute approximate surface area is 231 Å². The minimum Gasteiger partial charge on any atom is -0.481 e. The van der Waals surface area contributed by atoms with E-state index in [0.29, 0.717) is 47.0 Å². The van der Waals surface area contributed by atoms with Gasteiger partial charge in [0.1, 0.15) is 11.5 Å². The normalized spacial score (nSPS) is 11.8.